The monoisotopic (exact) mass is 156 g/mol. The summed E-state index contributed by atoms with van der Waals surface area (Å²) in [5, 5.41) is 0. The zero-order valence-electron chi connectivity index (χ0n) is 6.79. The minimum atomic E-state index is -0.497. The highest BCUT2D eigenvalue weighted by molar-refractivity contribution is 5.97. The number of methoxy groups -OCH3 is 1. The van der Waals surface area contributed by atoms with Crippen molar-refractivity contribution in [1.82, 2.24) is 0 Å². The molecule has 3 nitrogen and oxygen atoms in total. The number of carbonyl (C=O) groups is 2. The standard InChI is InChI=1S/C8H12O3/c1-4-6(2)7(9)5-8(10)11-3/h4,6H,1,5H2,2-3H3. The summed E-state index contributed by atoms with van der Waals surface area (Å²) in [5.41, 5.74) is 0. The summed E-state index contributed by atoms with van der Waals surface area (Å²) in [5.74, 6) is -0.926. The van der Waals surface area contributed by atoms with Gasteiger partial charge >= 0.3 is 5.97 Å². The van der Waals surface area contributed by atoms with E-state index in [0.717, 1.165) is 0 Å². The summed E-state index contributed by atoms with van der Waals surface area (Å²) in [6.45, 7) is 5.13. The average Bonchev–Trinajstić information content (AvgIpc) is 2.02. The van der Waals surface area contributed by atoms with E-state index in [9.17, 15) is 9.59 Å². The van der Waals surface area contributed by atoms with Gasteiger partial charge < -0.3 is 4.74 Å². The maximum Gasteiger partial charge on any atom is 0.313 e. The summed E-state index contributed by atoms with van der Waals surface area (Å²) in [6, 6.07) is 0. The lowest BCUT2D eigenvalue weighted by molar-refractivity contribution is -0.143. The molecule has 0 fully saturated rings. The van der Waals surface area contributed by atoms with E-state index in [2.05, 4.69) is 11.3 Å². The first-order valence-electron chi connectivity index (χ1n) is 3.34. The van der Waals surface area contributed by atoms with Crippen molar-refractivity contribution in [3.05, 3.63) is 12.7 Å². The molecule has 0 amide bonds. The molecule has 0 aromatic carbocycles. The Morgan fingerprint density at radius 3 is 2.55 bits per heavy atom. The van der Waals surface area contributed by atoms with Crippen molar-refractivity contribution in [2.45, 2.75) is 13.3 Å². The third-order valence-electron chi connectivity index (χ3n) is 1.41. The van der Waals surface area contributed by atoms with Crippen molar-refractivity contribution < 1.29 is 14.3 Å². The molecule has 0 bridgehead atoms. The van der Waals surface area contributed by atoms with Crippen LogP contribution in [0.4, 0.5) is 0 Å². The Bertz CT molecular complexity index is 172. The highest BCUT2D eigenvalue weighted by Crippen LogP contribution is 2.01. The van der Waals surface area contributed by atoms with Gasteiger partial charge in [0.15, 0.2) is 5.78 Å². The highest BCUT2D eigenvalue weighted by atomic mass is 16.5. The van der Waals surface area contributed by atoms with Crippen LogP contribution in [0.25, 0.3) is 0 Å². The Morgan fingerprint density at radius 2 is 2.18 bits per heavy atom. The van der Waals surface area contributed by atoms with E-state index >= 15 is 0 Å². The van der Waals surface area contributed by atoms with Gasteiger partial charge in [-0.25, -0.2) is 0 Å². The van der Waals surface area contributed by atoms with Gasteiger partial charge in [-0.2, -0.15) is 0 Å². The van der Waals surface area contributed by atoms with Gasteiger partial charge in [-0.05, 0) is 0 Å². The maximum absolute atomic E-state index is 11.0. The van der Waals surface area contributed by atoms with E-state index < -0.39 is 5.97 Å². The second-order valence-corrected chi connectivity index (χ2v) is 2.24. The predicted octanol–water partition coefficient (Wildman–Crippen LogP) is 0.941. The van der Waals surface area contributed by atoms with Crippen LogP contribution in [0, 0.1) is 5.92 Å². The van der Waals surface area contributed by atoms with Gasteiger partial charge in [0.2, 0.25) is 0 Å². The number of rotatable bonds is 4. The Hall–Kier alpha value is -1.12. The van der Waals surface area contributed by atoms with Crippen LogP contribution < -0.4 is 0 Å². The molecule has 11 heavy (non-hydrogen) atoms. The number of hydrogen-bond acceptors (Lipinski definition) is 3. The maximum atomic E-state index is 11.0. The summed E-state index contributed by atoms with van der Waals surface area (Å²) >= 11 is 0. The van der Waals surface area contributed by atoms with Crippen molar-refractivity contribution in [2.75, 3.05) is 7.11 Å². The van der Waals surface area contributed by atoms with Crippen LogP contribution in [0.5, 0.6) is 0 Å². The number of ketones is 1. The molecular weight excluding hydrogens is 144 g/mol. The van der Waals surface area contributed by atoms with Crippen molar-refractivity contribution >= 4 is 11.8 Å². The van der Waals surface area contributed by atoms with Gasteiger partial charge in [-0.3, -0.25) is 9.59 Å². The van der Waals surface area contributed by atoms with E-state index in [4.69, 9.17) is 0 Å². The lowest BCUT2D eigenvalue weighted by atomic mass is 10.0. The molecule has 3 heteroatoms. The second-order valence-electron chi connectivity index (χ2n) is 2.24. The van der Waals surface area contributed by atoms with Crippen LogP contribution >= 0.6 is 0 Å². The molecule has 0 spiro atoms. The number of carbonyl (C=O) groups excluding carboxylic acids is 2. The summed E-state index contributed by atoms with van der Waals surface area (Å²) in [4.78, 5) is 21.5. The number of hydrogen-bond donors (Lipinski definition) is 0. The van der Waals surface area contributed by atoms with Crippen LogP contribution in [-0.2, 0) is 14.3 Å². The van der Waals surface area contributed by atoms with Crippen LogP contribution in [0.3, 0.4) is 0 Å². The van der Waals surface area contributed by atoms with Gasteiger partial charge in [0.1, 0.15) is 6.42 Å². The normalized spacial score (nSPS) is 11.8. The van der Waals surface area contributed by atoms with E-state index in [1.807, 2.05) is 0 Å². The van der Waals surface area contributed by atoms with E-state index in [1.54, 1.807) is 6.92 Å². The minimum Gasteiger partial charge on any atom is -0.469 e. The molecule has 1 unspecified atom stereocenters. The molecule has 0 aromatic heterocycles. The van der Waals surface area contributed by atoms with Crippen molar-refractivity contribution in [3.8, 4) is 0 Å². The SMILES string of the molecule is C=CC(C)C(=O)CC(=O)OC. The molecule has 0 aliphatic rings. The molecule has 0 saturated carbocycles. The first-order valence-corrected chi connectivity index (χ1v) is 3.34. The third kappa shape index (κ3) is 3.55. The molecule has 0 aliphatic carbocycles. The molecule has 0 radical (unpaired) electrons. The van der Waals surface area contributed by atoms with Crippen molar-refractivity contribution in [3.63, 3.8) is 0 Å². The lowest BCUT2D eigenvalue weighted by Crippen LogP contribution is -2.14. The van der Waals surface area contributed by atoms with Crippen LogP contribution in [0.1, 0.15) is 13.3 Å². The Kier molecular flexibility index (Phi) is 4.18. The molecule has 0 aromatic rings. The number of Topliss-reactive ketones (excluding diaryl/α,β-unsaturated/α-hetero) is 1. The summed E-state index contributed by atoms with van der Waals surface area (Å²) < 4.78 is 4.32. The minimum absolute atomic E-state index is 0.160. The smallest absolute Gasteiger partial charge is 0.313 e. The fourth-order valence-electron chi connectivity index (χ4n) is 0.507. The van der Waals surface area contributed by atoms with Crippen molar-refractivity contribution in [1.29, 1.82) is 0 Å². The first kappa shape index (κ1) is 9.88. The fraction of sp³-hybridized carbons (Fsp3) is 0.500. The van der Waals surface area contributed by atoms with Gasteiger partial charge in [-0.1, -0.05) is 13.0 Å². The lowest BCUT2D eigenvalue weighted by Gasteiger charge is -2.02. The largest absolute Gasteiger partial charge is 0.469 e. The highest BCUT2D eigenvalue weighted by Gasteiger charge is 2.13. The van der Waals surface area contributed by atoms with Gasteiger partial charge in [0.25, 0.3) is 0 Å². The molecule has 1 atom stereocenters. The number of allylic oxidation sites excluding steroid dienone is 1. The quantitative estimate of drug-likeness (QED) is 0.345. The van der Waals surface area contributed by atoms with Gasteiger partial charge in [0, 0.05) is 5.92 Å². The Labute approximate surface area is 66.0 Å². The predicted molar refractivity (Wildman–Crippen MR) is 41.0 cm³/mol. The molecule has 62 valence electrons. The molecule has 0 rings (SSSR count). The molecule has 0 aliphatic heterocycles. The summed E-state index contributed by atoms with van der Waals surface area (Å²) in [7, 11) is 1.26. The topological polar surface area (TPSA) is 43.4 Å². The van der Waals surface area contributed by atoms with E-state index in [0.29, 0.717) is 0 Å². The summed E-state index contributed by atoms with van der Waals surface area (Å²) in [6.07, 6.45) is 1.34. The van der Waals surface area contributed by atoms with E-state index in [-0.39, 0.29) is 18.1 Å². The van der Waals surface area contributed by atoms with Crippen molar-refractivity contribution in [2.24, 2.45) is 5.92 Å². The molecule has 0 N–H and O–H groups in total. The van der Waals surface area contributed by atoms with Crippen LogP contribution in [0.15, 0.2) is 12.7 Å². The third-order valence-corrected chi connectivity index (χ3v) is 1.41. The Balaban J connectivity index is 3.87. The first-order chi connectivity index (χ1) is 5.11. The second kappa shape index (κ2) is 4.66. The number of esters is 1. The molecule has 0 saturated heterocycles. The fourth-order valence-corrected chi connectivity index (χ4v) is 0.507. The molecule has 0 heterocycles. The van der Waals surface area contributed by atoms with Gasteiger partial charge in [-0.15, -0.1) is 6.58 Å². The molecular formula is C8H12O3. The Morgan fingerprint density at radius 1 is 1.64 bits per heavy atom. The zero-order valence-corrected chi connectivity index (χ0v) is 6.79. The van der Waals surface area contributed by atoms with E-state index in [1.165, 1.54) is 13.2 Å². The van der Waals surface area contributed by atoms with Crippen LogP contribution in [0.2, 0.25) is 0 Å². The van der Waals surface area contributed by atoms with Gasteiger partial charge in [0.05, 0.1) is 7.11 Å². The average molecular weight is 156 g/mol. The number of ether oxygens (including phenoxy) is 1. The van der Waals surface area contributed by atoms with Crippen LogP contribution in [-0.4, -0.2) is 18.9 Å². The zero-order chi connectivity index (χ0) is 8.85.